The molecule has 1 atom stereocenters. The number of allylic oxidation sites excluding steroid dienone is 1. The summed E-state index contributed by atoms with van der Waals surface area (Å²) in [6.07, 6.45) is 0. The van der Waals surface area contributed by atoms with Crippen molar-refractivity contribution in [2.24, 2.45) is 0 Å². The van der Waals surface area contributed by atoms with Crippen molar-refractivity contribution < 1.29 is 9.53 Å². The minimum absolute atomic E-state index is 0.0163. The van der Waals surface area contributed by atoms with Gasteiger partial charge in [-0.25, -0.2) is 0 Å². The predicted molar refractivity (Wildman–Crippen MR) is 97.8 cm³/mol. The molecule has 7 heteroatoms. The van der Waals surface area contributed by atoms with Crippen molar-refractivity contribution in [1.82, 2.24) is 15.1 Å². The van der Waals surface area contributed by atoms with E-state index in [0.717, 1.165) is 11.3 Å². The van der Waals surface area contributed by atoms with Gasteiger partial charge >= 0.3 is 0 Å². The summed E-state index contributed by atoms with van der Waals surface area (Å²) in [5, 5.41) is 4.50. The Hall–Kier alpha value is -1.63. The summed E-state index contributed by atoms with van der Waals surface area (Å²) in [5.74, 6) is 0.0163. The van der Waals surface area contributed by atoms with Gasteiger partial charge in [0.2, 0.25) is 0 Å². The number of amides is 1. The molecule has 128 valence electrons. The Kier molecular flexibility index (Phi) is 5.08. The zero-order valence-electron chi connectivity index (χ0n) is 13.7. The molecule has 0 aliphatic carbocycles. The Morgan fingerprint density at radius 2 is 2.08 bits per heavy atom. The van der Waals surface area contributed by atoms with Crippen molar-refractivity contribution in [3.8, 4) is 0 Å². The first-order valence-corrected chi connectivity index (χ1v) is 8.65. The lowest BCUT2D eigenvalue weighted by atomic mass is 9.94. The number of hydrogen-bond donors (Lipinski definition) is 1. The second-order valence-corrected chi connectivity index (χ2v) is 6.72. The predicted octanol–water partition coefficient (Wildman–Crippen LogP) is 2.33. The molecule has 5 nitrogen and oxygen atoms in total. The second-order valence-electron chi connectivity index (χ2n) is 5.90. The van der Waals surface area contributed by atoms with Crippen LogP contribution in [0.2, 0.25) is 5.02 Å². The lowest BCUT2D eigenvalue weighted by Gasteiger charge is -2.38. The Morgan fingerprint density at radius 3 is 2.75 bits per heavy atom. The molecule has 0 bridgehead atoms. The molecule has 2 aliphatic heterocycles. The zero-order valence-corrected chi connectivity index (χ0v) is 15.3. The minimum atomic E-state index is -0.303. The third kappa shape index (κ3) is 3.27. The summed E-state index contributed by atoms with van der Waals surface area (Å²) < 4.78 is 5.36. The number of rotatable bonds is 2. The Morgan fingerprint density at radius 1 is 1.38 bits per heavy atom. The summed E-state index contributed by atoms with van der Waals surface area (Å²) in [6.45, 7) is 4.28. The van der Waals surface area contributed by atoms with Crippen LogP contribution >= 0.6 is 23.8 Å². The fraction of sp³-hybridized carbons (Fsp3) is 0.412. The third-order valence-electron chi connectivity index (χ3n) is 4.46. The highest BCUT2D eigenvalue weighted by atomic mass is 35.5. The number of carbonyl (C=O) groups excluding carboxylic acids is 1. The Labute approximate surface area is 152 Å². The summed E-state index contributed by atoms with van der Waals surface area (Å²) in [7, 11) is 1.87. The number of morpholine rings is 1. The number of benzene rings is 1. The SMILES string of the molecule is CC1=C(C(=O)N2CCOCC2)[C@H](c2cccc(Cl)c2)NC(=S)N1C. The summed E-state index contributed by atoms with van der Waals surface area (Å²) >= 11 is 11.6. The highest BCUT2D eigenvalue weighted by molar-refractivity contribution is 7.80. The van der Waals surface area contributed by atoms with E-state index in [2.05, 4.69) is 5.32 Å². The van der Waals surface area contributed by atoms with Gasteiger partial charge in [0.1, 0.15) is 0 Å². The van der Waals surface area contributed by atoms with Gasteiger partial charge in [-0.3, -0.25) is 4.79 Å². The second kappa shape index (κ2) is 7.09. The molecule has 0 unspecified atom stereocenters. The van der Waals surface area contributed by atoms with Crippen molar-refractivity contribution in [3.05, 3.63) is 46.1 Å². The topological polar surface area (TPSA) is 44.8 Å². The average molecular weight is 366 g/mol. The van der Waals surface area contributed by atoms with Crippen LogP contribution in [0.1, 0.15) is 18.5 Å². The van der Waals surface area contributed by atoms with Crippen LogP contribution in [0.3, 0.4) is 0 Å². The van der Waals surface area contributed by atoms with Crippen LogP contribution in [0.4, 0.5) is 0 Å². The summed E-state index contributed by atoms with van der Waals surface area (Å²) in [4.78, 5) is 16.8. The molecular formula is C17H20ClN3O2S. The molecule has 0 saturated carbocycles. The van der Waals surface area contributed by atoms with Crippen molar-refractivity contribution in [2.75, 3.05) is 33.4 Å². The third-order valence-corrected chi connectivity index (χ3v) is 5.09. The first-order chi connectivity index (χ1) is 11.5. The van der Waals surface area contributed by atoms with Crippen molar-refractivity contribution in [1.29, 1.82) is 0 Å². The van der Waals surface area contributed by atoms with Crippen LogP contribution in [-0.4, -0.2) is 54.2 Å². The average Bonchev–Trinajstić information content (AvgIpc) is 2.59. The van der Waals surface area contributed by atoms with Gasteiger partial charge in [0.05, 0.1) is 24.8 Å². The number of nitrogens with one attached hydrogen (secondary N) is 1. The molecule has 3 rings (SSSR count). The van der Waals surface area contributed by atoms with Gasteiger partial charge in [-0.2, -0.15) is 0 Å². The molecule has 24 heavy (non-hydrogen) atoms. The molecule has 0 spiro atoms. The van der Waals surface area contributed by atoms with E-state index < -0.39 is 0 Å². The van der Waals surface area contributed by atoms with Gasteiger partial charge in [-0.15, -0.1) is 0 Å². The van der Waals surface area contributed by atoms with Crippen LogP contribution in [-0.2, 0) is 9.53 Å². The van der Waals surface area contributed by atoms with E-state index in [1.807, 2.05) is 48.0 Å². The Bertz CT molecular complexity index is 701. The molecule has 1 amide bonds. The van der Waals surface area contributed by atoms with E-state index in [4.69, 9.17) is 28.6 Å². The van der Waals surface area contributed by atoms with Crippen LogP contribution < -0.4 is 5.32 Å². The summed E-state index contributed by atoms with van der Waals surface area (Å²) in [6, 6.07) is 7.22. The first-order valence-electron chi connectivity index (χ1n) is 7.86. The van der Waals surface area contributed by atoms with E-state index >= 15 is 0 Å². The molecule has 1 saturated heterocycles. The van der Waals surface area contributed by atoms with E-state index in [1.165, 1.54) is 0 Å². The van der Waals surface area contributed by atoms with Gasteiger partial charge in [0.25, 0.3) is 5.91 Å². The Balaban J connectivity index is 2.02. The number of nitrogens with zero attached hydrogens (tertiary/aromatic N) is 2. The molecule has 1 aromatic carbocycles. The number of carbonyl (C=O) groups is 1. The number of ether oxygens (including phenoxy) is 1. The quantitative estimate of drug-likeness (QED) is 0.815. The van der Waals surface area contributed by atoms with Gasteiger partial charge in [-0.05, 0) is 36.8 Å². The highest BCUT2D eigenvalue weighted by Crippen LogP contribution is 2.32. The first kappa shape index (κ1) is 17.2. The van der Waals surface area contributed by atoms with Gasteiger partial charge in [-0.1, -0.05) is 23.7 Å². The molecule has 2 aliphatic rings. The standard InChI is InChI=1S/C17H20ClN3O2S/c1-11-14(16(22)21-6-8-23-9-7-21)15(19-17(24)20(11)2)12-4-3-5-13(18)10-12/h3-5,10,15H,6-9H2,1-2H3,(H,19,24)/t15-/m0/s1. The fourth-order valence-corrected chi connectivity index (χ4v) is 3.44. The van der Waals surface area contributed by atoms with Crippen LogP contribution in [0.15, 0.2) is 35.5 Å². The van der Waals surface area contributed by atoms with Gasteiger partial charge in [0, 0.05) is 30.9 Å². The molecule has 1 aromatic rings. The molecule has 2 heterocycles. The zero-order chi connectivity index (χ0) is 17.3. The smallest absolute Gasteiger partial charge is 0.254 e. The van der Waals surface area contributed by atoms with Crippen LogP contribution in [0, 0.1) is 0 Å². The number of hydrogen-bond acceptors (Lipinski definition) is 3. The lowest BCUT2D eigenvalue weighted by molar-refractivity contribution is -0.131. The lowest BCUT2D eigenvalue weighted by Crippen LogP contribution is -2.50. The van der Waals surface area contributed by atoms with Gasteiger partial charge in [0.15, 0.2) is 5.11 Å². The number of halogens is 1. The normalized spacial score (nSPS) is 21.8. The van der Waals surface area contributed by atoms with Crippen molar-refractivity contribution >= 4 is 34.8 Å². The van der Waals surface area contributed by atoms with Crippen LogP contribution in [0.5, 0.6) is 0 Å². The van der Waals surface area contributed by atoms with Gasteiger partial charge < -0.3 is 19.9 Å². The molecule has 0 aromatic heterocycles. The van der Waals surface area contributed by atoms with E-state index in [1.54, 1.807) is 0 Å². The van der Waals surface area contributed by atoms with E-state index in [9.17, 15) is 4.79 Å². The summed E-state index contributed by atoms with van der Waals surface area (Å²) in [5.41, 5.74) is 2.49. The van der Waals surface area contributed by atoms with Crippen molar-refractivity contribution in [3.63, 3.8) is 0 Å². The number of thiocarbonyl (C=S) groups is 1. The van der Waals surface area contributed by atoms with Crippen LogP contribution in [0.25, 0.3) is 0 Å². The fourth-order valence-electron chi connectivity index (χ4n) is 2.99. The minimum Gasteiger partial charge on any atom is -0.378 e. The highest BCUT2D eigenvalue weighted by Gasteiger charge is 2.35. The molecule has 1 fully saturated rings. The molecular weight excluding hydrogens is 346 g/mol. The van der Waals surface area contributed by atoms with Crippen molar-refractivity contribution in [2.45, 2.75) is 13.0 Å². The van der Waals surface area contributed by atoms with E-state index in [-0.39, 0.29) is 11.9 Å². The maximum atomic E-state index is 13.2. The molecule has 0 radical (unpaired) electrons. The van der Waals surface area contributed by atoms with E-state index in [0.29, 0.717) is 42.0 Å². The monoisotopic (exact) mass is 365 g/mol. The maximum Gasteiger partial charge on any atom is 0.254 e. The maximum absolute atomic E-state index is 13.2. The largest absolute Gasteiger partial charge is 0.378 e. The molecule has 1 N–H and O–H groups in total.